The topological polar surface area (TPSA) is 32.8 Å². The molecular weight excluding hydrogens is 779 g/mol. The number of aryl methyl sites for hydroxylation is 1. The van der Waals surface area contributed by atoms with Crippen molar-refractivity contribution < 1.29 is 8.83 Å². The molecule has 4 nitrogen and oxygen atoms in total. The molecule has 6 aromatic carbocycles. The van der Waals surface area contributed by atoms with Crippen molar-refractivity contribution in [2.24, 2.45) is 0 Å². The zero-order valence-corrected chi connectivity index (χ0v) is 40.5. The molecule has 0 amide bonds. The van der Waals surface area contributed by atoms with Gasteiger partial charge < -0.3 is 18.6 Å². The molecule has 0 fully saturated rings. The maximum atomic E-state index is 7.54. The summed E-state index contributed by atoms with van der Waals surface area (Å²) in [5.74, 6) is 0. The summed E-state index contributed by atoms with van der Waals surface area (Å²) in [5, 5.41) is 3.46. The van der Waals surface area contributed by atoms with Gasteiger partial charge in [0.15, 0.2) is 0 Å². The van der Waals surface area contributed by atoms with E-state index in [4.69, 9.17) is 8.83 Å². The molecule has 8 aromatic rings. The molecule has 11 rings (SSSR count). The van der Waals surface area contributed by atoms with Crippen molar-refractivity contribution in [3.05, 3.63) is 137 Å². The number of anilines is 6. The summed E-state index contributed by atoms with van der Waals surface area (Å²) in [7, 11) is 0. The highest BCUT2D eigenvalue weighted by atomic mass is 16.3. The van der Waals surface area contributed by atoms with Crippen LogP contribution in [-0.4, -0.2) is 6.71 Å². The Hall–Kier alpha value is -5.68. The first-order valence-electron chi connectivity index (χ1n) is 23.6. The lowest BCUT2D eigenvalue weighted by atomic mass is 9.35. The van der Waals surface area contributed by atoms with Gasteiger partial charge in [0.1, 0.15) is 16.7 Å². The van der Waals surface area contributed by atoms with Gasteiger partial charge in [0.25, 0.3) is 6.71 Å². The van der Waals surface area contributed by atoms with E-state index in [1.807, 2.05) is 0 Å². The number of nitrogens with zero attached hydrogens (tertiary/aromatic N) is 2. The van der Waals surface area contributed by atoms with Crippen LogP contribution >= 0.6 is 0 Å². The SMILES string of the molecule is Cc1cc2c3c(c1)N(c1ccc(C(C)(C)C)c4oc5ccccc5c14)c1ccc(C(C)(C)C)cc1B3c1oc3cc4c(cc3c1N2c1ccc(C(C)(C)C)cc1)C(C)(C)CCC4(C)C. The van der Waals surface area contributed by atoms with Gasteiger partial charge in [-0.15, -0.1) is 0 Å². The molecule has 0 saturated heterocycles. The van der Waals surface area contributed by atoms with Crippen molar-refractivity contribution in [1.82, 2.24) is 0 Å². The number of fused-ring (bicyclic) bond motifs is 10. The Balaban J connectivity index is 1.28. The van der Waals surface area contributed by atoms with E-state index < -0.39 is 0 Å². The normalized spacial score (nSPS) is 16.6. The monoisotopic (exact) mass is 842 g/mol. The maximum Gasteiger partial charge on any atom is 0.297 e. The lowest BCUT2D eigenvalue weighted by Crippen LogP contribution is -2.61. The van der Waals surface area contributed by atoms with Gasteiger partial charge in [-0.05, 0) is 140 Å². The second-order valence-electron chi connectivity index (χ2n) is 23.8. The van der Waals surface area contributed by atoms with E-state index in [9.17, 15) is 0 Å². The van der Waals surface area contributed by atoms with Gasteiger partial charge in [-0.2, -0.15) is 0 Å². The van der Waals surface area contributed by atoms with Crippen LogP contribution in [0.3, 0.4) is 0 Å². The van der Waals surface area contributed by atoms with Gasteiger partial charge in [-0.3, -0.25) is 0 Å². The van der Waals surface area contributed by atoms with E-state index in [2.05, 4.69) is 210 Å². The fraction of sp³-hybridized carbons (Fsp3) is 0.356. The molecule has 4 heterocycles. The predicted molar refractivity (Wildman–Crippen MR) is 274 cm³/mol. The average Bonchev–Trinajstić information content (AvgIpc) is 3.79. The molecule has 0 atom stereocenters. The number of hydrogen-bond donors (Lipinski definition) is 0. The van der Waals surface area contributed by atoms with Gasteiger partial charge in [0.05, 0.1) is 22.4 Å². The van der Waals surface area contributed by atoms with Crippen molar-refractivity contribution in [2.45, 2.75) is 137 Å². The number of furan rings is 2. The van der Waals surface area contributed by atoms with Crippen LogP contribution in [0.4, 0.5) is 34.1 Å². The molecule has 3 aliphatic rings. The third-order valence-electron chi connectivity index (χ3n) is 15.2. The van der Waals surface area contributed by atoms with E-state index in [0.29, 0.717) is 0 Å². The highest BCUT2D eigenvalue weighted by molar-refractivity contribution is 7.00. The third kappa shape index (κ3) is 5.94. The third-order valence-corrected chi connectivity index (χ3v) is 15.2. The Kier molecular flexibility index (Phi) is 8.48. The van der Waals surface area contributed by atoms with E-state index >= 15 is 0 Å². The van der Waals surface area contributed by atoms with E-state index in [1.165, 1.54) is 66.8 Å². The largest absolute Gasteiger partial charge is 0.468 e. The minimum Gasteiger partial charge on any atom is -0.468 e. The second-order valence-corrected chi connectivity index (χ2v) is 23.8. The van der Waals surface area contributed by atoms with Crippen LogP contribution in [0, 0.1) is 6.92 Å². The molecule has 64 heavy (non-hydrogen) atoms. The first-order valence-corrected chi connectivity index (χ1v) is 23.6. The van der Waals surface area contributed by atoms with E-state index in [-0.39, 0.29) is 33.8 Å². The zero-order chi connectivity index (χ0) is 45.2. The minimum absolute atomic E-state index is 0.0269. The molecule has 0 bridgehead atoms. The van der Waals surface area contributed by atoms with Gasteiger partial charge in [-0.25, -0.2) is 0 Å². The number of para-hydroxylation sites is 1. The molecule has 324 valence electrons. The Morgan fingerprint density at radius 2 is 1.16 bits per heavy atom. The first kappa shape index (κ1) is 41.1. The fourth-order valence-corrected chi connectivity index (χ4v) is 11.4. The van der Waals surface area contributed by atoms with Gasteiger partial charge in [0.2, 0.25) is 0 Å². The Bertz CT molecular complexity index is 3250. The van der Waals surface area contributed by atoms with Crippen LogP contribution in [-0.2, 0) is 27.1 Å². The summed E-state index contributed by atoms with van der Waals surface area (Å²) in [6.45, 7) is 32.5. The van der Waals surface area contributed by atoms with Gasteiger partial charge >= 0.3 is 0 Å². The lowest BCUT2D eigenvalue weighted by Gasteiger charge is -2.43. The molecule has 0 unspecified atom stereocenters. The molecule has 0 N–H and O–H groups in total. The Labute approximate surface area is 380 Å². The summed E-state index contributed by atoms with van der Waals surface area (Å²) in [6, 6.07) is 39.6. The fourth-order valence-electron chi connectivity index (χ4n) is 11.4. The molecule has 0 radical (unpaired) electrons. The summed E-state index contributed by atoms with van der Waals surface area (Å²) in [6.07, 6.45) is 2.30. The number of rotatable bonds is 2. The smallest absolute Gasteiger partial charge is 0.297 e. The van der Waals surface area contributed by atoms with Crippen molar-refractivity contribution >= 4 is 90.3 Å². The molecule has 5 heteroatoms. The van der Waals surface area contributed by atoms with Gasteiger partial charge in [-0.1, -0.05) is 139 Å². The molecule has 0 saturated carbocycles. The highest BCUT2D eigenvalue weighted by Crippen LogP contribution is 2.53. The van der Waals surface area contributed by atoms with Crippen LogP contribution < -0.4 is 26.4 Å². The maximum absolute atomic E-state index is 7.54. The van der Waals surface area contributed by atoms with E-state index in [1.54, 1.807) is 0 Å². The van der Waals surface area contributed by atoms with Crippen molar-refractivity contribution in [1.29, 1.82) is 0 Å². The van der Waals surface area contributed by atoms with Crippen LogP contribution in [0.2, 0.25) is 0 Å². The Morgan fingerprint density at radius 1 is 0.547 bits per heavy atom. The van der Waals surface area contributed by atoms with Crippen LogP contribution in [0.5, 0.6) is 0 Å². The van der Waals surface area contributed by atoms with Crippen molar-refractivity contribution in [3.8, 4) is 0 Å². The van der Waals surface area contributed by atoms with E-state index in [0.717, 1.165) is 63.1 Å². The minimum atomic E-state index is -0.143. The first-order chi connectivity index (χ1) is 30.0. The summed E-state index contributed by atoms with van der Waals surface area (Å²) < 4.78 is 14.4. The van der Waals surface area contributed by atoms with Crippen LogP contribution in [0.1, 0.15) is 136 Å². The second kappa shape index (κ2) is 13.2. The quantitative estimate of drug-likeness (QED) is 0.162. The molecular formula is C59H63BN2O2. The lowest BCUT2D eigenvalue weighted by molar-refractivity contribution is 0.332. The Morgan fingerprint density at radius 3 is 1.81 bits per heavy atom. The molecule has 0 spiro atoms. The van der Waals surface area contributed by atoms with Crippen LogP contribution in [0.25, 0.3) is 32.9 Å². The number of benzene rings is 6. The highest BCUT2D eigenvalue weighted by Gasteiger charge is 2.48. The summed E-state index contributed by atoms with van der Waals surface area (Å²) in [4.78, 5) is 5.10. The molecule has 2 aromatic heterocycles. The summed E-state index contributed by atoms with van der Waals surface area (Å²) >= 11 is 0. The summed E-state index contributed by atoms with van der Waals surface area (Å²) in [5.41, 5.74) is 21.2. The molecule has 1 aliphatic carbocycles. The molecule has 2 aliphatic heterocycles. The van der Waals surface area contributed by atoms with Crippen LogP contribution in [0.15, 0.2) is 112 Å². The number of hydrogen-bond acceptors (Lipinski definition) is 4. The zero-order valence-electron chi connectivity index (χ0n) is 40.5. The van der Waals surface area contributed by atoms with Crippen molar-refractivity contribution in [3.63, 3.8) is 0 Å². The average molecular weight is 843 g/mol. The standard InChI is InChI=1S/C59H63BN2O2/c1-34-29-46-51-47(30-34)62(45-26-24-40(57(8,9)10)53-50(45)38-17-15-16-18-48(38)63-53)44-25-21-36(56(5,6)7)31-43(44)60(51)54-52(61(46)37-22-19-35(20-23-37)55(2,3)4)39-32-41-42(33-49(39)64-54)59(13,14)28-27-58(41,11)12/h15-26,29-33H,27-28H2,1-14H3. The van der Waals surface area contributed by atoms with Gasteiger partial charge in [0, 0.05) is 39.1 Å². The van der Waals surface area contributed by atoms with Crippen molar-refractivity contribution in [2.75, 3.05) is 9.80 Å². The predicted octanol–water partition coefficient (Wildman–Crippen LogP) is 15.0.